The first kappa shape index (κ1) is 20.6. The summed E-state index contributed by atoms with van der Waals surface area (Å²) in [6, 6.07) is 5.79. The largest absolute Gasteiger partial charge is 0.411 e. The third kappa shape index (κ3) is 3.51. The number of aromatic nitrogens is 2. The molecule has 1 aromatic heterocycles. The molecule has 1 aliphatic carbocycles. The van der Waals surface area contributed by atoms with Crippen LogP contribution in [0.3, 0.4) is 0 Å². The van der Waals surface area contributed by atoms with E-state index in [2.05, 4.69) is 57.3 Å². The summed E-state index contributed by atoms with van der Waals surface area (Å²) in [4.78, 5) is 4.40. The molecule has 0 bridgehead atoms. The molecule has 0 saturated carbocycles. The quantitative estimate of drug-likeness (QED) is 0.660. The van der Waals surface area contributed by atoms with Gasteiger partial charge in [-0.2, -0.15) is 0 Å². The van der Waals surface area contributed by atoms with Gasteiger partial charge in [0.2, 0.25) is 0 Å². The van der Waals surface area contributed by atoms with Gasteiger partial charge in [0.1, 0.15) is 0 Å². The van der Waals surface area contributed by atoms with Gasteiger partial charge in [-0.15, -0.1) is 0 Å². The zero-order chi connectivity index (χ0) is 20.2. The summed E-state index contributed by atoms with van der Waals surface area (Å²) in [6.45, 7) is 16.0. The van der Waals surface area contributed by atoms with Crippen molar-refractivity contribution in [3.63, 3.8) is 0 Å². The fourth-order valence-electron chi connectivity index (χ4n) is 3.64. The molecule has 0 amide bonds. The number of nitrogens with zero attached hydrogens (tertiary/aromatic N) is 2. The average Bonchev–Trinajstić information content (AvgIpc) is 3.07. The van der Waals surface area contributed by atoms with Crippen LogP contribution in [0.2, 0.25) is 23.2 Å². The Kier molecular flexibility index (Phi) is 5.13. The second kappa shape index (κ2) is 6.73. The number of halogens is 1. The second-order valence-corrected chi connectivity index (χ2v) is 15.0. The number of rotatable bonds is 4. The molecule has 0 radical (unpaired) electrons. The van der Waals surface area contributed by atoms with Gasteiger partial charge in [-0.25, -0.2) is 4.98 Å². The van der Waals surface area contributed by atoms with E-state index in [-0.39, 0.29) is 16.5 Å². The van der Waals surface area contributed by atoms with E-state index in [4.69, 9.17) is 16.0 Å². The van der Waals surface area contributed by atoms with Crippen LogP contribution in [0, 0.1) is 5.41 Å². The lowest BCUT2D eigenvalue weighted by Crippen LogP contribution is -2.40. The van der Waals surface area contributed by atoms with Gasteiger partial charge in [0, 0.05) is 10.4 Å². The molecule has 1 aromatic carbocycles. The highest BCUT2D eigenvalue weighted by atomic mass is 35.5. The summed E-state index contributed by atoms with van der Waals surface area (Å²) >= 11 is 6.18. The highest BCUT2D eigenvalue weighted by molar-refractivity contribution is 6.74. The number of imidazole rings is 1. The summed E-state index contributed by atoms with van der Waals surface area (Å²) in [6.07, 6.45) is 3.16. The molecule has 2 unspecified atom stereocenters. The highest BCUT2D eigenvalue weighted by Crippen LogP contribution is 2.55. The molecule has 0 aliphatic heterocycles. The van der Waals surface area contributed by atoms with E-state index in [0.717, 1.165) is 16.8 Å². The Morgan fingerprint density at radius 3 is 2.56 bits per heavy atom. The van der Waals surface area contributed by atoms with Crippen LogP contribution in [-0.2, 0) is 11.0 Å². The van der Waals surface area contributed by atoms with Crippen molar-refractivity contribution < 1.29 is 9.53 Å². The van der Waals surface area contributed by atoms with Crippen molar-refractivity contribution in [2.24, 2.45) is 5.41 Å². The Bertz CT molecular complexity index is 839. The van der Waals surface area contributed by atoms with Crippen LogP contribution < -0.4 is 0 Å². The zero-order valence-electron chi connectivity index (χ0n) is 17.4. The van der Waals surface area contributed by atoms with Crippen molar-refractivity contribution >= 4 is 19.9 Å². The minimum atomic E-state index is -1.86. The van der Waals surface area contributed by atoms with Crippen LogP contribution in [0.15, 0.2) is 30.7 Å². The van der Waals surface area contributed by atoms with Crippen molar-refractivity contribution in [2.45, 2.75) is 71.5 Å². The van der Waals surface area contributed by atoms with Crippen LogP contribution in [-0.4, -0.2) is 23.0 Å². The predicted molar refractivity (Wildman–Crippen MR) is 113 cm³/mol. The van der Waals surface area contributed by atoms with Gasteiger partial charge in [0.25, 0.3) is 0 Å². The van der Waals surface area contributed by atoms with E-state index in [1.165, 1.54) is 0 Å². The first-order chi connectivity index (χ1) is 12.4. The van der Waals surface area contributed by atoms with E-state index < -0.39 is 14.4 Å². The molecule has 2 aromatic rings. The molecule has 1 N–H and O–H groups in total. The Balaban J connectivity index is 1.96. The number of fused-ring (bicyclic) bond motifs is 1. The molecule has 2 atom stereocenters. The van der Waals surface area contributed by atoms with E-state index in [9.17, 15) is 5.11 Å². The van der Waals surface area contributed by atoms with E-state index in [1.807, 2.05) is 30.7 Å². The molecule has 6 heteroatoms. The van der Waals surface area contributed by atoms with Crippen LogP contribution in [0.1, 0.15) is 63.6 Å². The lowest BCUT2D eigenvalue weighted by molar-refractivity contribution is 0.0406. The fourth-order valence-corrected chi connectivity index (χ4v) is 4.76. The monoisotopic (exact) mass is 406 g/mol. The van der Waals surface area contributed by atoms with Crippen LogP contribution >= 0.6 is 11.6 Å². The molecule has 27 heavy (non-hydrogen) atoms. The summed E-state index contributed by atoms with van der Waals surface area (Å²) in [5.74, 6) is 0. The number of hydrogen-bond donors (Lipinski definition) is 1. The maximum absolute atomic E-state index is 10.9. The molecule has 0 saturated heterocycles. The van der Waals surface area contributed by atoms with Crippen LogP contribution in [0.25, 0.3) is 0 Å². The van der Waals surface area contributed by atoms with Crippen molar-refractivity contribution in [3.8, 4) is 0 Å². The van der Waals surface area contributed by atoms with E-state index in [0.29, 0.717) is 11.6 Å². The molecule has 1 aliphatic rings. The van der Waals surface area contributed by atoms with Gasteiger partial charge in [0.15, 0.2) is 8.32 Å². The van der Waals surface area contributed by atoms with Crippen molar-refractivity contribution in [2.75, 3.05) is 0 Å². The van der Waals surface area contributed by atoms with Gasteiger partial charge in [0.05, 0.1) is 37.0 Å². The highest BCUT2D eigenvalue weighted by Gasteiger charge is 2.48. The van der Waals surface area contributed by atoms with Crippen molar-refractivity contribution in [3.05, 3.63) is 52.6 Å². The molecule has 0 fully saturated rings. The first-order valence-electron chi connectivity index (χ1n) is 9.48. The minimum Gasteiger partial charge on any atom is -0.411 e. The summed E-state index contributed by atoms with van der Waals surface area (Å²) in [5.41, 5.74) is 2.67. The van der Waals surface area contributed by atoms with Crippen molar-refractivity contribution in [1.29, 1.82) is 0 Å². The predicted octanol–water partition coefficient (Wildman–Crippen LogP) is 5.72. The van der Waals surface area contributed by atoms with E-state index >= 15 is 0 Å². The lowest BCUT2D eigenvalue weighted by atomic mass is 9.83. The molecule has 1 heterocycles. The topological polar surface area (TPSA) is 47.3 Å². The number of aliphatic hydroxyl groups is 1. The van der Waals surface area contributed by atoms with Gasteiger partial charge >= 0.3 is 0 Å². The zero-order valence-corrected chi connectivity index (χ0v) is 19.1. The Morgan fingerprint density at radius 2 is 1.93 bits per heavy atom. The molecular weight excluding hydrogens is 376 g/mol. The number of benzene rings is 1. The van der Waals surface area contributed by atoms with Crippen molar-refractivity contribution in [1.82, 2.24) is 9.55 Å². The van der Waals surface area contributed by atoms with Gasteiger partial charge < -0.3 is 14.1 Å². The Hall–Kier alpha value is -1.14. The lowest BCUT2D eigenvalue weighted by Gasteiger charge is -2.37. The maximum Gasteiger partial charge on any atom is 0.192 e. The molecule has 3 rings (SSSR count). The SMILES string of the molecule is CC1(C)C(O)c2cc(Cl)ccc2C1n1cncc1CO[Si](C)(C)C(C)(C)C. The smallest absolute Gasteiger partial charge is 0.192 e. The summed E-state index contributed by atoms with van der Waals surface area (Å²) in [7, 11) is -1.86. The maximum atomic E-state index is 10.9. The molecular formula is C21H31ClN2O2Si. The molecule has 4 nitrogen and oxygen atoms in total. The average molecular weight is 407 g/mol. The number of aliphatic hydroxyl groups excluding tert-OH is 1. The van der Waals surface area contributed by atoms with Gasteiger partial charge in [-0.1, -0.05) is 52.3 Å². The second-order valence-electron chi connectivity index (χ2n) is 9.74. The Labute approximate surface area is 168 Å². The minimum absolute atomic E-state index is 0.0136. The van der Waals surface area contributed by atoms with Gasteiger partial charge in [-0.3, -0.25) is 0 Å². The third-order valence-electron chi connectivity index (χ3n) is 6.46. The van der Waals surface area contributed by atoms with Crippen LogP contribution in [0.4, 0.5) is 0 Å². The summed E-state index contributed by atoms with van der Waals surface area (Å²) in [5, 5.41) is 11.7. The van der Waals surface area contributed by atoms with E-state index in [1.54, 1.807) is 0 Å². The molecule has 0 spiro atoms. The summed E-state index contributed by atoms with van der Waals surface area (Å²) < 4.78 is 8.60. The third-order valence-corrected chi connectivity index (χ3v) is 11.2. The molecule has 148 valence electrons. The van der Waals surface area contributed by atoms with Crippen LogP contribution in [0.5, 0.6) is 0 Å². The fraction of sp³-hybridized carbons (Fsp3) is 0.571. The Morgan fingerprint density at radius 1 is 1.26 bits per heavy atom. The standard InChI is InChI=1S/C21H31ClN2O2Si/c1-20(2,3)27(6,7)26-12-15-11-23-13-24(15)18-16-9-8-14(22)10-17(16)19(25)21(18,4)5/h8-11,13,18-19,25H,12H2,1-7H3. The number of hydrogen-bond acceptors (Lipinski definition) is 3. The van der Waals surface area contributed by atoms with Gasteiger partial charge in [-0.05, 0) is 41.4 Å². The first-order valence-corrected chi connectivity index (χ1v) is 12.8. The normalized spacial score (nSPS) is 22.1.